The maximum Gasteiger partial charge on any atom is 0.349 e. The van der Waals surface area contributed by atoms with Gasteiger partial charge in [0.25, 0.3) is 0 Å². The van der Waals surface area contributed by atoms with Crippen LogP contribution in [-0.4, -0.2) is 18.2 Å². The lowest BCUT2D eigenvalue weighted by Crippen LogP contribution is -2.08. The number of aryl methyl sites for hydroxylation is 1. The van der Waals surface area contributed by atoms with Gasteiger partial charge in [0.2, 0.25) is 0 Å². The highest BCUT2D eigenvalue weighted by atomic mass is 32.3. The Hall–Kier alpha value is -0.910. The van der Waals surface area contributed by atoms with Crippen molar-refractivity contribution in [3.8, 4) is 0 Å². The van der Waals surface area contributed by atoms with E-state index >= 15 is 0 Å². The first-order valence-corrected chi connectivity index (χ1v) is 7.00. The topological polar surface area (TPSA) is 52.0 Å². The summed E-state index contributed by atoms with van der Waals surface area (Å²) < 4.78 is 37.1. The van der Waals surface area contributed by atoms with Gasteiger partial charge in [-0.1, -0.05) is 3.89 Å². The zero-order chi connectivity index (χ0) is 11.3. The molecule has 0 amide bonds. The van der Waals surface area contributed by atoms with E-state index in [0.717, 1.165) is 37.8 Å². The lowest BCUT2D eigenvalue weighted by Gasteiger charge is -2.09. The average molecular weight is 244 g/mol. The molecule has 2 aliphatic rings. The molecule has 1 aromatic heterocycles. The molecular formula is C10H13FN2O2S. The van der Waals surface area contributed by atoms with Crippen LogP contribution in [0.3, 0.4) is 0 Å². The molecular weight excluding hydrogens is 231 g/mol. The van der Waals surface area contributed by atoms with Gasteiger partial charge in [0.15, 0.2) is 5.03 Å². The van der Waals surface area contributed by atoms with Crippen molar-refractivity contribution in [2.45, 2.75) is 49.6 Å². The van der Waals surface area contributed by atoms with Gasteiger partial charge in [-0.15, -0.1) is 0 Å². The van der Waals surface area contributed by atoms with E-state index in [1.807, 2.05) is 0 Å². The minimum atomic E-state index is -4.64. The van der Waals surface area contributed by atoms with Gasteiger partial charge in [-0.05, 0) is 38.5 Å². The van der Waals surface area contributed by atoms with Crippen molar-refractivity contribution in [1.29, 1.82) is 0 Å². The Balaban J connectivity index is 2.21. The van der Waals surface area contributed by atoms with Crippen molar-refractivity contribution in [3.63, 3.8) is 0 Å². The molecule has 0 unspecified atom stereocenters. The summed E-state index contributed by atoms with van der Waals surface area (Å²) in [5, 5.41) is 4.11. The number of hydrogen-bond donors (Lipinski definition) is 0. The molecule has 6 heteroatoms. The largest absolute Gasteiger partial charge is 0.349 e. The molecule has 0 atom stereocenters. The van der Waals surface area contributed by atoms with E-state index in [2.05, 4.69) is 5.10 Å². The third-order valence-electron chi connectivity index (χ3n) is 3.26. The second-order valence-corrected chi connectivity index (χ2v) is 5.81. The maximum absolute atomic E-state index is 13.3. The number of rotatable bonds is 2. The van der Waals surface area contributed by atoms with Gasteiger partial charge < -0.3 is 0 Å². The molecule has 16 heavy (non-hydrogen) atoms. The lowest BCUT2D eigenvalue weighted by atomic mass is 9.99. The van der Waals surface area contributed by atoms with Gasteiger partial charge >= 0.3 is 10.2 Å². The molecule has 0 radical (unpaired) electrons. The van der Waals surface area contributed by atoms with E-state index in [4.69, 9.17) is 0 Å². The molecule has 4 nitrogen and oxygen atoms in total. The van der Waals surface area contributed by atoms with Gasteiger partial charge in [0.05, 0.1) is 11.7 Å². The number of nitrogens with zero attached hydrogens (tertiary/aromatic N) is 2. The molecule has 0 bridgehead atoms. The van der Waals surface area contributed by atoms with Crippen LogP contribution in [0.4, 0.5) is 3.89 Å². The van der Waals surface area contributed by atoms with Crippen molar-refractivity contribution in [2.75, 3.05) is 0 Å². The van der Waals surface area contributed by atoms with E-state index < -0.39 is 10.2 Å². The highest BCUT2D eigenvalue weighted by Crippen LogP contribution is 2.39. The lowest BCUT2D eigenvalue weighted by molar-refractivity contribution is 0.512. The van der Waals surface area contributed by atoms with Crippen molar-refractivity contribution in [1.82, 2.24) is 9.78 Å². The van der Waals surface area contributed by atoms with Crippen LogP contribution in [0.2, 0.25) is 0 Å². The van der Waals surface area contributed by atoms with Crippen LogP contribution in [0.15, 0.2) is 5.03 Å². The smallest absolute Gasteiger partial charge is 0.248 e. The van der Waals surface area contributed by atoms with E-state index in [-0.39, 0.29) is 11.1 Å². The maximum atomic E-state index is 13.3. The summed E-state index contributed by atoms with van der Waals surface area (Å²) in [7, 11) is -4.64. The quantitative estimate of drug-likeness (QED) is 0.745. The molecule has 0 N–H and O–H groups in total. The molecule has 88 valence electrons. The fourth-order valence-corrected chi connectivity index (χ4v) is 3.30. The van der Waals surface area contributed by atoms with Crippen LogP contribution in [0.25, 0.3) is 0 Å². The first-order valence-electron chi connectivity index (χ1n) is 5.62. The van der Waals surface area contributed by atoms with Crippen LogP contribution in [0.1, 0.15) is 43.0 Å². The number of halogens is 1. The predicted molar refractivity (Wildman–Crippen MR) is 55.4 cm³/mol. The molecule has 2 aliphatic carbocycles. The van der Waals surface area contributed by atoms with E-state index in [9.17, 15) is 12.3 Å². The van der Waals surface area contributed by atoms with Crippen molar-refractivity contribution in [2.24, 2.45) is 0 Å². The van der Waals surface area contributed by atoms with Gasteiger partial charge in [-0.2, -0.15) is 13.5 Å². The summed E-state index contributed by atoms with van der Waals surface area (Å²) >= 11 is 0. The minimum absolute atomic E-state index is 0.103. The van der Waals surface area contributed by atoms with E-state index in [1.165, 1.54) is 4.68 Å². The fraction of sp³-hybridized carbons (Fsp3) is 0.700. The molecule has 0 aliphatic heterocycles. The summed E-state index contributed by atoms with van der Waals surface area (Å²) in [5.41, 5.74) is 1.41. The Morgan fingerprint density at radius 1 is 1.25 bits per heavy atom. The van der Waals surface area contributed by atoms with Crippen LogP contribution in [0, 0.1) is 0 Å². The summed E-state index contributed by atoms with van der Waals surface area (Å²) in [6.07, 6.45) is 5.16. The van der Waals surface area contributed by atoms with Crippen LogP contribution >= 0.6 is 0 Å². The van der Waals surface area contributed by atoms with Gasteiger partial charge in [-0.25, -0.2) is 4.68 Å². The molecule has 3 rings (SSSR count). The molecule has 0 spiro atoms. The highest BCUT2D eigenvalue weighted by molar-refractivity contribution is 7.86. The Morgan fingerprint density at radius 2 is 1.94 bits per heavy atom. The summed E-state index contributed by atoms with van der Waals surface area (Å²) in [4.78, 5) is 0. The second-order valence-electron chi connectivity index (χ2n) is 4.55. The molecule has 1 aromatic rings. The number of fused-ring (bicyclic) bond motifs is 1. The summed E-state index contributed by atoms with van der Waals surface area (Å²) in [5.74, 6) is 0. The summed E-state index contributed by atoms with van der Waals surface area (Å²) in [6.45, 7) is 0. The van der Waals surface area contributed by atoms with Gasteiger partial charge in [0.1, 0.15) is 0 Å². The second kappa shape index (κ2) is 3.29. The predicted octanol–water partition coefficient (Wildman–Crippen LogP) is 1.76. The van der Waals surface area contributed by atoms with Crippen LogP contribution < -0.4 is 0 Å². The first-order chi connectivity index (χ1) is 7.57. The van der Waals surface area contributed by atoms with Crippen LogP contribution in [-0.2, 0) is 23.1 Å². The van der Waals surface area contributed by atoms with Crippen molar-refractivity contribution >= 4 is 10.2 Å². The van der Waals surface area contributed by atoms with E-state index in [1.54, 1.807) is 0 Å². The minimum Gasteiger partial charge on any atom is -0.248 e. The zero-order valence-electron chi connectivity index (χ0n) is 8.82. The fourth-order valence-electron chi connectivity index (χ4n) is 2.37. The molecule has 0 saturated heterocycles. The third-order valence-corrected chi connectivity index (χ3v) is 4.15. The normalized spacial score (nSPS) is 20.8. The highest BCUT2D eigenvalue weighted by Gasteiger charge is 2.36. The third kappa shape index (κ3) is 1.55. The monoisotopic (exact) mass is 244 g/mol. The Morgan fingerprint density at radius 3 is 2.56 bits per heavy atom. The Labute approximate surface area is 93.7 Å². The van der Waals surface area contributed by atoms with E-state index in [0.29, 0.717) is 12.0 Å². The van der Waals surface area contributed by atoms with Crippen molar-refractivity contribution in [3.05, 3.63) is 11.3 Å². The van der Waals surface area contributed by atoms with Crippen LogP contribution in [0.5, 0.6) is 0 Å². The first kappa shape index (κ1) is 10.3. The summed E-state index contributed by atoms with van der Waals surface area (Å²) in [6, 6.07) is 0.103. The number of hydrogen-bond acceptors (Lipinski definition) is 3. The molecule has 0 aromatic carbocycles. The molecule has 1 fully saturated rings. The van der Waals surface area contributed by atoms with Crippen molar-refractivity contribution < 1.29 is 12.3 Å². The molecule has 1 heterocycles. The Bertz CT molecular complexity index is 531. The Kier molecular flexibility index (Phi) is 2.11. The number of aromatic nitrogens is 2. The average Bonchev–Trinajstić information content (AvgIpc) is 2.96. The van der Waals surface area contributed by atoms with Gasteiger partial charge in [0, 0.05) is 5.56 Å². The standard InChI is InChI=1S/C10H13FN2O2S/c11-16(14,15)10-8-3-1-2-4-9(8)12-13(10)7-5-6-7/h7H,1-6H2. The van der Waals surface area contributed by atoms with Gasteiger partial charge in [-0.3, -0.25) is 0 Å². The SMILES string of the molecule is O=S(=O)(F)c1c2c(nn1C1CC1)CCCC2. The zero-order valence-corrected chi connectivity index (χ0v) is 9.63. The molecule has 1 saturated carbocycles.